The minimum atomic E-state index is -0.501. The summed E-state index contributed by atoms with van der Waals surface area (Å²) < 4.78 is 6.62. The smallest absolute Gasteiger partial charge is 0.324 e. The Morgan fingerprint density at radius 3 is 2.83 bits per heavy atom. The zero-order chi connectivity index (χ0) is 16.9. The highest BCUT2D eigenvalue weighted by Gasteiger charge is 2.10. The molecule has 3 aromatic rings. The first kappa shape index (κ1) is 15.7. The van der Waals surface area contributed by atoms with Crippen LogP contribution in [0.3, 0.4) is 0 Å². The van der Waals surface area contributed by atoms with Gasteiger partial charge in [-0.25, -0.2) is 24.4 Å². The van der Waals surface area contributed by atoms with E-state index >= 15 is 0 Å². The zero-order valence-electron chi connectivity index (χ0n) is 12.5. The van der Waals surface area contributed by atoms with E-state index in [1.807, 2.05) is 0 Å². The number of anilines is 2. The lowest BCUT2D eigenvalue weighted by Crippen LogP contribution is -2.20. The molecule has 0 saturated heterocycles. The van der Waals surface area contributed by atoms with Crippen molar-refractivity contribution >= 4 is 29.1 Å². The molecule has 3 rings (SSSR count). The van der Waals surface area contributed by atoms with E-state index in [0.717, 1.165) is 0 Å². The molecule has 0 fully saturated rings. The van der Waals surface area contributed by atoms with Gasteiger partial charge in [0.1, 0.15) is 30.5 Å². The number of benzene rings is 1. The number of methoxy groups -OCH3 is 1. The molecule has 24 heavy (non-hydrogen) atoms. The summed E-state index contributed by atoms with van der Waals surface area (Å²) in [6.45, 7) is 0. The third-order valence-electron chi connectivity index (χ3n) is 2.96. The molecule has 0 atom stereocenters. The van der Waals surface area contributed by atoms with Gasteiger partial charge in [-0.05, 0) is 18.2 Å². The van der Waals surface area contributed by atoms with Crippen molar-refractivity contribution in [2.45, 2.75) is 0 Å². The second-order valence-electron chi connectivity index (χ2n) is 4.53. The number of urea groups is 1. The minimum Gasteiger partial charge on any atom is -0.495 e. The molecule has 0 saturated carbocycles. The van der Waals surface area contributed by atoms with E-state index in [9.17, 15) is 4.79 Å². The number of amides is 2. The molecule has 0 bridgehead atoms. The van der Waals surface area contributed by atoms with Crippen LogP contribution in [-0.2, 0) is 0 Å². The molecular weight excluding hydrogens is 334 g/mol. The van der Waals surface area contributed by atoms with Gasteiger partial charge in [0.2, 0.25) is 0 Å². The Balaban J connectivity index is 1.74. The van der Waals surface area contributed by atoms with Crippen LogP contribution in [0.15, 0.2) is 43.2 Å². The van der Waals surface area contributed by atoms with Gasteiger partial charge in [-0.3, -0.25) is 5.32 Å². The second-order valence-corrected chi connectivity index (χ2v) is 4.96. The number of ether oxygens (including phenoxy) is 1. The van der Waals surface area contributed by atoms with Crippen molar-refractivity contribution in [3.8, 4) is 11.6 Å². The fourth-order valence-electron chi connectivity index (χ4n) is 1.91. The van der Waals surface area contributed by atoms with E-state index < -0.39 is 6.03 Å². The maximum atomic E-state index is 12.1. The van der Waals surface area contributed by atoms with Gasteiger partial charge in [-0.1, -0.05) is 11.6 Å². The number of nitrogens with one attached hydrogen (secondary N) is 2. The van der Waals surface area contributed by atoms with E-state index in [4.69, 9.17) is 16.3 Å². The molecule has 2 N–H and O–H groups in total. The number of rotatable bonds is 4. The number of aromatic nitrogens is 5. The molecule has 0 spiro atoms. The van der Waals surface area contributed by atoms with Crippen molar-refractivity contribution in [3.05, 3.63) is 48.3 Å². The van der Waals surface area contributed by atoms with Crippen LogP contribution in [0, 0.1) is 0 Å². The van der Waals surface area contributed by atoms with Crippen LogP contribution in [0.2, 0.25) is 5.02 Å². The van der Waals surface area contributed by atoms with Crippen LogP contribution in [0.25, 0.3) is 5.82 Å². The fourth-order valence-corrected chi connectivity index (χ4v) is 2.09. The van der Waals surface area contributed by atoms with Gasteiger partial charge >= 0.3 is 6.03 Å². The van der Waals surface area contributed by atoms with Gasteiger partial charge in [-0.2, -0.15) is 5.10 Å². The van der Waals surface area contributed by atoms with Crippen molar-refractivity contribution < 1.29 is 9.53 Å². The lowest BCUT2D eigenvalue weighted by Gasteiger charge is -2.11. The molecule has 0 radical (unpaired) electrons. The van der Waals surface area contributed by atoms with Crippen LogP contribution in [-0.4, -0.2) is 37.9 Å². The summed E-state index contributed by atoms with van der Waals surface area (Å²) in [7, 11) is 1.50. The maximum Gasteiger partial charge on any atom is 0.324 e. The average Bonchev–Trinajstić information content (AvgIpc) is 3.10. The Morgan fingerprint density at radius 1 is 1.21 bits per heavy atom. The Morgan fingerprint density at radius 2 is 2.08 bits per heavy atom. The molecule has 122 valence electrons. The number of nitrogens with zero attached hydrogens (tertiary/aromatic N) is 5. The summed E-state index contributed by atoms with van der Waals surface area (Å²) in [5, 5.41) is 9.69. The highest BCUT2D eigenvalue weighted by atomic mass is 35.5. The molecule has 0 aliphatic carbocycles. The van der Waals surface area contributed by atoms with Gasteiger partial charge in [-0.15, -0.1) is 0 Å². The molecule has 1 aromatic carbocycles. The second kappa shape index (κ2) is 6.92. The number of hydrogen-bond acceptors (Lipinski definition) is 6. The third kappa shape index (κ3) is 3.58. The summed E-state index contributed by atoms with van der Waals surface area (Å²) in [6, 6.07) is 5.97. The first-order valence-corrected chi connectivity index (χ1v) is 7.12. The lowest BCUT2D eigenvalue weighted by atomic mass is 10.3. The van der Waals surface area contributed by atoms with Crippen molar-refractivity contribution in [1.82, 2.24) is 24.7 Å². The van der Waals surface area contributed by atoms with Gasteiger partial charge < -0.3 is 10.1 Å². The lowest BCUT2D eigenvalue weighted by molar-refractivity contribution is 0.262. The molecule has 2 amide bonds. The Labute approximate surface area is 141 Å². The highest BCUT2D eigenvalue weighted by molar-refractivity contribution is 6.31. The maximum absolute atomic E-state index is 12.1. The fraction of sp³-hybridized carbons (Fsp3) is 0.0714. The van der Waals surface area contributed by atoms with Gasteiger partial charge in [0.15, 0.2) is 5.82 Å². The summed E-state index contributed by atoms with van der Waals surface area (Å²) in [6.07, 6.45) is 4.18. The molecule has 9 nitrogen and oxygen atoms in total. The quantitative estimate of drug-likeness (QED) is 0.751. The van der Waals surface area contributed by atoms with E-state index in [0.29, 0.717) is 28.1 Å². The first-order valence-electron chi connectivity index (χ1n) is 6.74. The summed E-state index contributed by atoms with van der Waals surface area (Å²) >= 11 is 5.93. The summed E-state index contributed by atoms with van der Waals surface area (Å²) in [5.41, 5.74) is 0.438. The Kier molecular flexibility index (Phi) is 4.52. The monoisotopic (exact) mass is 345 g/mol. The van der Waals surface area contributed by atoms with Crippen molar-refractivity contribution in [2.24, 2.45) is 0 Å². The van der Waals surface area contributed by atoms with Crippen molar-refractivity contribution in [1.29, 1.82) is 0 Å². The molecular formula is C14H12ClN7O2. The average molecular weight is 346 g/mol. The molecule has 2 heterocycles. The predicted molar refractivity (Wildman–Crippen MR) is 87.6 cm³/mol. The van der Waals surface area contributed by atoms with E-state index in [-0.39, 0.29) is 0 Å². The number of halogens is 1. The number of carbonyl (C=O) groups excluding carboxylic acids is 1. The van der Waals surface area contributed by atoms with E-state index in [1.54, 1.807) is 24.3 Å². The van der Waals surface area contributed by atoms with E-state index in [1.165, 1.54) is 30.8 Å². The molecule has 10 heteroatoms. The van der Waals surface area contributed by atoms with Crippen molar-refractivity contribution in [3.63, 3.8) is 0 Å². The van der Waals surface area contributed by atoms with Crippen LogP contribution < -0.4 is 15.4 Å². The first-order chi connectivity index (χ1) is 11.7. The van der Waals surface area contributed by atoms with Gasteiger partial charge in [0, 0.05) is 11.1 Å². The van der Waals surface area contributed by atoms with Gasteiger partial charge in [0.05, 0.1) is 12.8 Å². The predicted octanol–water partition coefficient (Wildman–Crippen LogP) is 2.36. The van der Waals surface area contributed by atoms with Crippen LogP contribution in [0.4, 0.5) is 16.3 Å². The summed E-state index contributed by atoms with van der Waals surface area (Å²) in [5.74, 6) is 1.26. The molecule has 0 aliphatic rings. The Bertz CT molecular complexity index is 854. The SMILES string of the molecule is COc1ccc(Cl)cc1NC(=O)Nc1cc(-n2cncn2)ncn1. The third-order valence-corrected chi connectivity index (χ3v) is 3.19. The van der Waals surface area contributed by atoms with Crippen LogP contribution >= 0.6 is 11.6 Å². The highest BCUT2D eigenvalue weighted by Crippen LogP contribution is 2.27. The molecule has 2 aromatic heterocycles. The number of carbonyl (C=O) groups is 1. The van der Waals surface area contributed by atoms with Crippen LogP contribution in [0.1, 0.15) is 0 Å². The minimum absolute atomic E-state index is 0.300. The van der Waals surface area contributed by atoms with Gasteiger partial charge in [0.25, 0.3) is 0 Å². The Hall–Kier alpha value is -3.20. The zero-order valence-corrected chi connectivity index (χ0v) is 13.2. The summed E-state index contributed by atoms with van der Waals surface area (Å²) in [4.78, 5) is 24.0. The van der Waals surface area contributed by atoms with Crippen LogP contribution in [0.5, 0.6) is 5.75 Å². The molecule has 0 unspecified atom stereocenters. The largest absolute Gasteiger partial charge is 0.495 e. The number of hydrogen-bond donors (Lipinski definition) is 2. The molecule has 0 aliphatic heterocycles. The topological polar surface area (TPSA) is 107 Å². The van der Waals surface area contributed by atoms with E-state index in [2.05, 4.69) is 30.7 Å². The van der Waals surface area contributed by atoms with Crippen molar-refractivity contribution in [2.75, 3.05) is 17.7 Å². The normalized spacial score (nSPS) is 10.2. The standard InChI is InChI=1S/C14H12ClN7O2/c1-24-11-3-2-9(15)4-10(11)20-14(23)21-12-5-13(18-7-17-12)22-8-16-6-19-22/h2-8H,1H3,(H2,17,18,20,21,23).